The van der Waals surface area contributed by atoms with Crippen molar-refractivity contribution in [2.24, 2.45) is 5.41 Å². The molecule has 0 aromatic heterocycles. The van der Waals surface area contributed by atoms with Crippen LogP contribution in [0.5, 0.6) is 0 Å². The van der Waals surface area contributed by atoms with Crippen LogP contribution in [0.1, 0.15) is 45.4 Å². The van der Waals surface area contributed by atoms with Crippen LogP contribution in [0.25, 0.3) is 0 Å². The van der Waals surface area contributed by atoms with Crippen LogP contribution in [0.4, 0.5) is 0 Å². The summed E-state index contributed by atoms with van der Waals surface area (Å²) < 4.78 is 23.1. The van der Waals surface area contributed by atoms with E-state index in [4.69, 9.17) is 0 Å². The van der Waals surface area contributed by atoms with E-state index in [-0.39, 0.29) is 11.3 Å². The first-order valence-electron chi connectivity index (χ1n) is 7.54. The zero-order valence-corrected chi connectivity index (χ0v) is 13.3. The van der Waals surface area contributed by atoms with Crippen molar-refractivity contribution in [1.82, 2.24) is 10.6 Å². The zero-order chi connectivity index (χ0) is 14.9. The quantitative estimate of drug-likeness (QED) is 0.789. The summed E-state index contributed by atoms with van der Waals surface area (Å²) in [6, 6.07) is 0. The summed E-state index contributed by atoms with van der Waals surface area (Å²) in [5.41, 5.74) is 0.210. The van der Waals surface area contributed by atoms with E-state index in [1.54, 1.807) is 0 Å². The summed E-state index contributed by atoms with van der Waals surface area (Å²) in [6.07, 6.45) is 6.46. The molecular weight excluding hydrogens is 276 g/mol. The minimum Gasteiger partial charge on any atom is -0.354 e. The predicted octanol–water partition coefficient (Wildman–Crippen LogP) is 0.850. The topological polar surface area (TPSA) is 75.3 Å². The van der Waals surface area contributed by atoms with Gasteiger partial charge in [-0.2, -0.15) is 0 Å². The summed E-state index contributed by atoms with van der Waals surface area (Å²) in [5, 5.41) is 6.08. The SMILES string of the molecule is CCC1(CNC(=O)C2(S(C)(=O)=O)CCNCC2)CCC1. The average molecular weight is 302 g/mol. The zero-order valence-electron chi connectivity index (χ0n) is 12.5. The van der Waals surface area contributed by atoms with Crippen molar-refractivity contribution in [2.75, 3.05) is 25.9 Å². The lowest BCUT2D eigenvalue weighted by Crippen LogP contribution is -2.58. The van der Waals surface area contributed by atoms with E-state index in [1.165, 1.54) is 12.7 Å². The Morgan fingerprint density at radius 1 is 1.20 bits per heavy atom. The Balaban J connectivity index is 2.08. The van der Waals surface area contributed by atoms with Crippen LogP contribution < -0.4 is 10.6 Å². The number of hydrogen-bond acceptors (Lipinski definition) is 4. The number of carbonyl (C=O) groups excluding carboxylic acids is 1. The number of carbonyl (C=O) groups is 1. The van der Waals surface area contributed by atoms with Gasteiger partial charge in [0, 0.05) is 12.8 Å². The fraction of sp³-hybridized carbons (Fsp3) is 0.929. The summed E-state index contributed by atoms with van der Waals surface area (Å²) in [4.78, 5) is 12.6. The lowest BCUT2D eigenvalue weighted by Gasteiger charge is -2.42. The molecule has 0 bridgehead atoms. The van der Waals surface area contributed by atoms with Crippen LogP contribution in [-0.2, 0) is 14.6 Å². The third-order valence-corrected chi connectivity index (χ3v) is 7.34. The Morgan fingerprint density at radius 2 is 1.80 bits per heavy atom. The summed E-state index contributed by atoms with van der Waals surface area (Å²) in [7, 11) is -3.40. The van der Waals surface area contributed by atoms with Crippen LogP contribution >= 0.6 is 0 Å². The molecule has 0 atom stereocenters. The maximum atomic E-state index is 12.6. The molecule has 2 aliphatic rings. The van der Waals surface area contributed by atoms with E-state index in [0.29, 0.717) is 32.5 Å². The van der Waals surface area contributed by atoms with Crippen molar-refractivity contribution >= 4 is 15.7 Å². The lowest BCUT2D eigenvalue weighted by molar-refractivity contribution is -0.125. The normalized spacial score (nSPS) is 24.7. The van der Waals surface area contributed by atoms with Crippen LogP contribution in [0, 0.1) is 5.41 Å². The largest absolute Gasteiger partial charge is 0.354 e. The molecule has 2 rings (SSSR count). The van der Waals surface area contributed by atoms with E-state index < -0.39 is 14.6 Å². The van der Waals surface area contributed by atoms with E-state index in [2.05, 4.69) is 17.6 Å². The molecule has 2 N–H and O–H groups in total. The maximum absolute atomic E-state index is 12.6. The maximum Gasteiger partial charge on any atom is 0.241 e. The van der Waals surface area contributed by atoms with Crippen molar-refractivity contribution in [3.63, 3.8) is 0 Å². The third kappa shape index (κ3) is 2.72. The highest BCUT2D eigenvalue weighted by atomic mass is 32.2. The highest BCUT2D eigenvalue weighted by Gasteiger charge is 2.49. The molecule has 116 valence electrons. The van der Waals surface area contributed by atoms with E-state index in [9.17, 15) is 13.2 Å². The van der Waals surface area contributed by atoms with E-state index >= 15 is 0 Å². The predicted molar refractivity (Wildman–Crippen MR) is 79.3 cm³/mol. The molecule has 5 nitrogen and oxygen atoms in total. The van der Waals surface area contributed by atoms with Crippen molar-refractivity contribution in [2.45, 2.75) is 50.2 Å². The number of rotatable bonds is 5. The van der Waals surface area contributed by atoms with Gasteiger partial charge in [0.15, 0.2) is 14.6 Å². The number of sulfone groups is 1. The van der Waals surface area contributed by atoms with Crippen LogP contribution in [0.15, 0.2) is 0 Å². The van der Waals surface area contributed by atoms with E-state index in [1.807, 2.05) is 0 Å². The molecule has 1 aliphatic heterocycles. The van der Waals surface area contributed by atoms with Crippen molar-refractivity contribution < 1.29 is 13.2 Å². The van der Waals surface area contributed by atoms with Gasteiger partial charge < -0.3 is 10.6 Å². The molecule has 6 heteroatoms. The Bertz CT molecular complexity index is 457. The number of piperidine rings is 1. The van der Waals surface area contributed by atoms with Gasteiger partial charge in [-0.1, -0.05) is 13.3 Å². The number of hydrogen-bond donors (Lipinski definition) is 2. The molecule has 1 saturated carbocycles. The van der Waals surface area contributed by atoms with Gasteiger partial charge in [0.05, 0.1) is 0 Å². The molecule has 1 amide bonds. The Labute approximate surface area is 121 Å². The third-order valence-electron chi connectivity index (χ3n) is 5.32. The van der Waals surface area contributed by atoms with Gasteiger partial charge >= 0.3 is 0 Å². The Hall–Kier alpha value is -0.620. The fourth-order valence-electron chi connectivity index (χ4n) is 3.36. The monoisotopic (exact) mass is 302 g/mol. The summed E-state index contributed by atoms with van der Waals surface area (Å²) >= 11 is 0. The van der Waals surface area contributed by atoms with Gasteiger partial charge in [-0.3, -0.25) is 4.79 Å². The van der Waals surface area contributed by atoms with Crippen LogP contribution in [0.2, 0.25) is 0 Å². The van der Waals surface area contributed by atoms with Gasteiger partial charge in [-0.15, -0.1) is 0 Å². The van der Waals surface area contributed by atoms with Crippen molar-refractivity contribution in [3.8, 4) is 0 Å². The molecule has 1 saturated heterocycles. The standard InChI is InChI=1S/C14H26N2O3S/c1-3-13(5-4-6-13)11-16-12(17)14(20(2,18)19)7-9-15-10-8-14/h15H,3-11H2,1-2H3,(H,16,17). The Kier molecular flexibility index (Phi) is 4.44. The second-order valence-corrected chi connectivity index (χ2v) is 8.73. The fourth-order valence-corrected chi connectivity index (χ4v) is 4.71. The molecule has 1 heterocycles. The minimum atomic E-state index is -3.40. The minimum absolute atomic E-state index is 0.210. The average Bonchev–Trinajstić information content (AvgIpc) is 2.37. The molecule has 20 heavy (non-hydrogen) atoms. The summed E-state index contributed by atoms with van der Waals surface area (Å²) in [6.45, 7) is 3.92. The van der Waals surface area contributed by atoms with Crippen LogP contribution in [0.3, 0.4) is 0 Å². The first-order chi connectivity index (χ1) is 9.35. The second kappa shape index (κ2) is 5.64. The van der Waals surface area contributed by atoms with Gasteiger partial charge in [0.1, 0.15) is 0 Å². The molecule has 1 aliphatic carbocycles. The molecule has 0 radical (unpaired) electrons. The van der Waals surface area contributed by atoms with E-state index in [0.717, 1.165) is 19.3 Å². The van der Waals surface area contributed by atoms with Gasteiger partial charge in [-0.05, 0) is 50.6 Å². The van der Waals surface area contributed by atoms with Crippen molar-refractivity contribution in [1.29, 1.82) is 0 Å². The number of amides is 1. The molecule has 2 fully saturated rings. The van der Waals surface area contributed by atoms with Gasteiger partial charge in [-0.25, -0.2) is 8.42 Å². The lowest BCUT2D eigenvalue weighted by atomic mass is 9.67. The Morgan fingerprint density at radius 3 is 2.20 bits per heavy atom. The molecule has 0 spiro atoms. The van der Waals surface area contributed by atoms with Gasteiger partial charge in [0.25, 0.3) is 0 Å². The summed E-state index contributed by atoms with van der Waals surface area (Å²) in [5.74, 6) is -0.291. The smallest absolute Gasteiger partial charge is 0.241 e. The molecular formula is C14H26N2O3S. The molecule has 0 aromatic carbocycles. The van der Waals surface area contributed by atoms with Crippen LogP contribution in [-0.4, -0.2) is 45.0 Å². The first kappa shape index (κ1) is 15.8. The van der Waals surface area contributed by atoms with Gasteiger partial charge in [0.2, 0.25) is 5.91 Å². The highest BCUT2D eigenvalue weighted by Crippen LogP contribution is 2.43. The second-order valence-electron chi connectivity index (χ2n) is 6.41. The highest BCUT2D eigenvalue weighted by molar-refractivity contribution is 7.92. The molecule has 0 aromatic rings. The number of nitrogens with one attached hydrogen (secondary N) is 2. The van der Waals surface area contributed by atoms with Crippen molar-refractivity contribution in [3.05, 3.63) is 0 Å². The first-order valence-corrected chi connectivity index (χ1v) is 9.43. The molecule has 0 unspecified atom stereocenters.